The van der Waals surface area contributed by atoms with Gasteiger partial charge in [-0.2, -0.15) is 0 Å². The molecule has 1 atom stereocenters. The lowest BCUT2D eigenvalue weighted by molar-refractivity contribution is 0.0627. The summed E-state index contributed by atoms with van der Waals surface area (Å²) in [6.07, 6.45) is 5.36. The van der Waals surface area contributed by atoms with Crippen molar-refractivity contribution in [3.8, 4) is 11.5 Å². The van der Waals surface area contributed by atoms with E-state index in [0.717, 1.165) is 54.9 Å². The largest absolute Gasteiger partial charge is 0.454 e. The predicted molar refractivity (Wildman–Crippen MR) is 127 cm³/mol. The molecular formula is C28H27F2N3O2. The van der Waals surface area contributed by atoms with Gasteiger partial charge >= 0.3 is 0 Å². The molecule has 1 aliphatic heterocycles. The Labute approximate surface area is 203 Å². The Hall–Kier alpha value is -3.32. The SMILES string of the molecule is O=C1c2cc(Oc3ccc(F)cc3F)ccc2CCN1[C@@H](c1cccc(CNC2CC2)n1)C1CC1. The number of nitrogens with one attached hydrogen (secondary N) is 1. The number of carbonyl (C=O) groups excluding carboxylic acids is 1. The maximum Gasteiger partial charge on any atom is 0.254 e. The zero-order valence-corrected chi connectivity index (χ0v) is 19.3. The molecule has 5 nitrogen and oxygen atoms in total. The topological polar surface area (TPSA) is 54.5 Å². The summed E-state index contributed by atoms with van der Waals surface area (Å²) < 4.78 is 33.0. The second kappa shape index (κ2) is 9.04. The number of rotatable bonds is 8. The molecule has 2 aliphatic carbocycles. The van der Waals surface area contributed by atoms with Crippen molar-refractivity contribution in [2.75, 3.05) is 6.54 Å². The van der Waals surface area contributed by atoms with Crippen LogP contribution >= 0.6 is 0 Å². The normalized spacial score (nSPS) is 18.3. The van der Waals surface area contributed by atoms with E-state index in [2.05, 4.69) is 5.32 Å². The quantitative estimate of drug-likeness (QED) is 0.464. The first-order valence-corrected chi connectivity index (χ1v) is 12.3. The summed E-state index contributed by atoms with van der Waals surface area (Å²) in [6, 6.07) is 15.1. The molecule has 180 valence electrons. The van der Waals surface area contributed by atoms with E-state index in [9.17, 15) is 13.6 Å². The maximum atomic E-state index is 14.1. The van der Waals surface area contributed by atoms with Gasteiger partial charge in [0.05, 0.1) is 17.4 Å². The molecule has 6 rings (SSSR count). The first-order chi connectivity index (χ1) is 17.0. The van der Waals surface area contributed by atoms with E-state index in [1.807, 2.05) is 29.2 Å². The maximum absolute atomic E-state index is 14.1. The van der Waals surface area contributed by atoms with Crippen LogP contribution in [0.4, 0.5) is 8.78 Å². The highest BCUT2D eigenvalue weighted by Crippen LogP contribution is 2.45. The number of hydrogen-bond acceptors (Lipinski definition) is 4. The van der Waals surface area contributed by atoms with Crippen LogP contribution in [-0.2, 0) is 13.0 Å². The summed E-state index contributed by atoms with van der Waals surface area (Å²) in [6.45, 7) is 1.37. The van der Waals surface area contributed by atoms with E-state index in [-0.39, 0.29) is 17.7 Å². The van der Waals surface area contributed by atoms with Gasteiger partial charge < -0.3 is 15.0 Å². The van der Waals surface area contributed by atoms with E-state index in [0.29, 0.717) is 29.8 Å². The van der Waals surface area contributed by atoms with Crippen LogP contribution in [0.3, 0.4) is 0 Å². The Morgan fingerprint density at radius 2 is 1.91 bits per heavy atom. The van der Waals surface area contributed by atoms with E-state index in [1.54, 1.807) is 12.1 Å². The van der Waals surface area contributed by atoms with E-state index < -0.39 is 11.6 Å². The fourth-order valence-corrected chi connectivity index (χ4v) is 4.85. The van der Waals surface area contributed by atoms with Crippen LogP contribution in [0.15, 0.2) is 54.6 Å². The van der Waals surface area contributed by atoms with Crippen LogP contribution in [-0.4, -0.2) is 28.4 Å². The average molecular weight is 476 g/mol. The van der Waals surface area contributed by atoms with Gasteiger partial charge in [0.1, 0.15) is 11.6 Å². The van der Waals surface area contributed by atoms with E-state index >= 15 is 0 Å². The molecule has 2 aromatic carbocycles. The second-order valence-electron chi connectivity index (χ2n) is 9.74. The van der Waals surface area contributed by atoms with Gasteiger partial charge in [-0.3, -0.25) is 9.78 Å². The third-order valence-electron chi connectivity index (χ3n) is 7.00. The Balaban J connectivity index is 1.25. The molecule has 2 heterocycles. The van der Waals surface area contributed by atoms with Crippen LogP contribution in [0, 0.1) is 17.6 Å². The zero-order chi connectivity index (χ0) is 23.9. The molecular weight excluding hydrogens is 448 g/mol. The minimum Gasteiger partial charge on any atom is -0.454 e. The van der Waals surface area contributed by atoms with Crippen molar-refractivity contribution in [1.82, 2.24) is 15.2 Å². The molecule has 2 saturated carbocycles. The van der Waals surface area contributed by atoms with Gasteiger partial charge in [-0.1, -0.05) is 12.1 Å². The zero-order valence-electron chi connectivity index (χ0n) is 19.3. The van der Waals surface area contributed by atoms with Gasteiger partial charge in [-0.15, -0.1) is 0 Å². The van der Waals surface area contributed by atoms with Crippen LogP contribution in [0.25, 0.3) is 0 Å². The van der Waals surface area contributed by atoms with E-state index in [1.165, 1.54) is 18.9 Å². The van der Waals surface area contributed by atoms with Gasteiger partial charge in [0.15, 0.2) is 11.6 Å². The highest BCUT2D eigenvalue weighted by molar-refractivity contribution is 5.97. The average Bonchev–Trinajstić information content (AvgIpc) is 3.77. The number of benzene rings is 2. The number of carbonyl (C=O) groups is 1. The third kappa shape index (κ3) is 4.78. The van der Waals surface area contributed by atoms with Crippen LogP contribution in [0.1, 0.15) is 59.0 Å². The Morgan fingerprint density at radius 1 is 1.06 bits per heavy atom. The van der Waals surface area contributed by atoms with Crippen LogP contribution in [0.5, 0.6) is 11.5 Å². The molecule has 2 fully saturated rings. The molecule has 3 aliphatic rings. The molecule has 1 amide bonds. The second-order valence-corrected chi connectivity index (χ2v) is 9.74. The Bertz CT molecular complexity index is 1270. The number of amides is 1. The lowest BCUT2D eigenvalue weighted by atomic mass is 9.95. The van der Waals surface area contributed by atoms with Gasteiger partial charge in [0.25, 0.3) is 5.91 Å². The Morgan fingerprint density at radius 3 is 2.69 bits per heavy atom. The monoisotopic (exact) mass is 475 g/mol. The van der Waals surface area contributed by atoms with Crippen molar-refractivity contribution in [3.05, 3.63) is 88.7 Å². The standard InChI is InChI=1S/C28H27F2N3O2/c29-19-7-11-26(24(30)14-19)35-22-10-6-17-12-13-33(28(34)23(17)15-22)27(18-4-5-18)25-3-1-2-21(32-25)16-31-20-8-9-20/h1-3,6-7,10-11,14-15,18,20,27,31H,4-5,8-9,12-13,16H2/t27-/m1/s1. The number of pyridine rings is 1. The summed E-state index contributed by atoms with van der Waals surface area (Å²) in [7, 11) is 0. The molecule has 3 aromatic rings. The van der Waals surface area contributed by atoms with Crippen molar-refractivity contribution in [3.63, 3.8) is 0 Å². The van der Waals surface area contributed by atoms with Crippen LogP contribution in [0.2, 0.25) is 0 Å². The smallest absolute Gasteiger partial charge is 0.254 e. The van der Waals surface area contributed by atoms with Crippen molar-refractivity contribution in [2.24, 2.45) is 5.92 Å². The number of nitrogens with zero attached hydrogens (tertiary/aromatic N) is 2. The fraction of sp³-hybridized carbons (Fsp3) is 0.357. The number of fused-ring (bicyclic) bond motifs is 1. The third-order valence-corrected chi connectivity index (χ3v) is 7.00. The molecule has 0 spiro atoms. The predicted octanol–water partition coefficient (Wildman–Crippen LogP) is 5.55. The summed E-state index contributed by atoms with van der Waals surface area (Å²) in [5.41, 5.74) is 3.46. The molecule has 0 radical (unpaired) electrons. The number of hydrogen-bond donors (Lipinski definition) is 1. The molecule has 1 N–H and O–H groups in total. The van der Waals surface area contributed by atoms with Crippen molar-refractivity contribution in [1.29, 1.82) is 0 Å². The highest BCUT2D eigenvalue weighted by atomic mass is 19.1. The molecule has 0 bridgehead atoms. The molecule has 0 unspecified atom stereocenters. The first-order valence-electron chi connectivity index (χ1n) is 12.3. The first kappa shape index (κ1) is 22.2. The van der Waals surface area contributed by atoms with Gasteiger partial charge in [-0.25, -0.2) is 8.78 Å². The van der Waals surface area contributed by atoms with Crippen LogP contribution < -0.4 is 10.1 Å². The molecule has 1 aromatic heterocycles. The van der Waals surface area contributed by atoms with Gasteiger partial charge in [0.2, 0.25) is 0 Å². The fourth-order valence-electron chi connectivity index (χ4n) is 4.85. The molecule has 7 heteroatoms. The van der Waals surface area contributed by atoms with Gasteiger partial charge in [0, 0.05) is 30.8 Å². The number of aromatic nitrogens is 1. The van der Waals surface area contributed by atoms with E-state index in [4.69, 9.17) is 9.72 Å². The number of halogens is 2. The highest BCUT2D eigenvalue weighted by Gasteiger charge is 2.41. The molecule has 35 heavy (non-hydrogen) atoms. The lowest BCUT2D eigenvalue weighted by Gasteiger charge is -2.36. The lowest BCUT2D eigenvalue weighted by Crippen LogP contribution is -2.41. The minimum atomic E-state index is -0.786. The minimum absolute atomic E-state index is 0.0588. The van der Waals surface area contributed by atoms with Gasteiger partial charge in [-0.05, 0) is 80.0 Å². The summed E-state index contributed by atoms with van der Waals surface area (Å²) in [5, 5.41) is 3.51. The summed E-state index contributed by atoms with van der Waals surface area (Å²) >= 11 is 0. The summed E-state index contributed by atoms with van der Waals surface area (Å²) in [4.78, 5) is 20.6. The van der Waals surface area contributed by atoms with Crippen molar-refractivity contribution < 1.29 is 18.3 Å². The van der Waals surface area contributed by atoms with Crippen molar-refractivity contribution in [2.45, 2.75) is 50.7 Å². The number of ether oxygens (including phenoxy) is 1. The Kier molecular flexibility index (Phi) is 5.72. The molecule has 0 saturated heterocycles. The summed E-state index contributed by atoms with van der Waals surface area (Å²) in [5.74, 6) is -0.837. The van der Waals surface area contributed by atoms with Crippen molar-refractivity contribution >= 4 is 5.91 Å².